The highest BCUT2D eigenvalue weighted by Gasteiger charge is 2.06. The van der Waals surface area contributed by atoms with E-state index < -0.39 is 11.2 Å². The van der Waals surface area contributed by atoms with Crippen LogP contribution in [-0.2, 0) is 13.1 Å². The molecule has 0 saturated heterocycles. The van der Waals surface area contributed by atoms with Crippen molar-refractivity contribution < 1.29 is 0 Å². The van der Waals surface area contributed by atoms with Gasteiger partial charge in [-0.05, 0) is 6.92 Å². The van der Waals surface area contributed by atoms with Crippen LogP contribution in [0.5, 0.6) is 0 Å². The van der Waals surface area contributed by atoms with Crippen molar-refractivity contribution in [2.75, 3.05) is 5.73 Å². The SMILES string of the molecule is CCn1c(N)cc(=O)n(CC#N)c1=O. The Labute approximate surface area is 79.8 Å². The molecule has 0 aliphatic rings. The average Bonchev–Trinajstić information content (AvgIpc) is 2.12. The maximum atomic E-state index is 11.5. The van der Waals surface area contributed by atoms with Crippen LogP contribution in [0.1, 0.15) is 6.92 Å². The first-order valence-corrected chi connectivity index (χ1v) is 4.09. The number of nitrogens with two attached hydrogens (primary N) is 1. The van der Waals surface area contributed by atoms with E-state index in [1.54, 1.807) is 13.0 Å². The van der Waals surface area contributed by atoms with Gasteiger partial charge in [0.2, 0.25) is 0 Å². The summed E-state index contributed by atoms with van der Waals surface area (Å²) < 4.78 is 2.08. The molecule has 6 nitrogen and oxygen atoms in total. The van der Waals surface area contributed by atoms with Gasteiger partial charge in [-0.15, -0.1) is 0 Å². The van der Waals surface area contributed by atoms with Gasteiger partial charge in [0.25, 0.3) is 5.56 Å². The first-order chi connectivity index (χ1) is 6.61. The number of nitrogen functional groups attached to an aromatic ring is 1. The second-order valence-electron chi connectivity index (χ2n) is 2.68. The van der Waals surface area contributed by atoms with Crippen LogP contribution in [-0.4, -0.2) is 9.13 Å². The van der Waals surface area contributed by atoms with E-state index in [1.165, 1.54) is 4.57 Å². The fourth-order valence-corrected chi connectivity index (χ4v) is 1.17. The molecule has 0 aliphatic carbocycles. The summed E-state index contributed by atoms with van der Waals surface area (Å²) in [5, 5.41) is 8.41. The largest absolute Gasteiger partial charge is 0.385 e. The first kappa shape index (κ1) is 10.1. The average molecular weight is 194 g/mol. The highest BCUT2D eigenvalue weighted by atomic mass is 16.2. The maximum absolute atomic E-state index is 11.5. The molecule has 0 unspecified atom stereocenters. The third kappa shape index (κ3) is 1.52. The van der Waals surface area contributed by atoms with Crippen molar-refractivity contribution in [1.29, 1.82) is 5.26 Å². The third-order valence-electron chi connectivity index (χ3n) is 1.86. The van der Waals surface area contributed by atoms with Crippen molar-refractivity contribution in [3.05, 3.63) is 26.9 Å². The number of nitriles is 1. The van der Waals surface area contributed by atoms with Crippen molar-refractivity contribution in [2.24, 2.45) is 0 Å². The van der Waals surface area contributed by atoms with Crippen molar-refractivity contribution in [3.63, 3.8) is 0 Å². The molecule has 74 valence electrons. The number of hydrogen-bond acceptors (Lipinski definition) is 4. The minimum atomic E-state index is -0.543. The van der Waals surface area contributed by atoms with Gasteiger partial charge in [0.05, 0.1) is 6.07 Å². The first-order valence-electron chi connectivity index (χ1n) is 4.09. The molecule has 1 heterocycles. The van der Waals surface area contributed by atoms with E-state index in [4.69, 9.17) is 11.0 Å². The fourth-order valence-electron chi connectivity index (χ4n) is 1.17. The van der Waals surface area contributed by atoms with Crippen molar-refractivity contribution in [2.45, 2.75) is 20.0 Å². The van der Waals surface area contributed by atoms with E-state index >= 15 is 0 Å². The number of aromatic nitrogens is 2. The van der Waals surface area contributed by atoms with E-state index in [-0.39, 0.29) is 12.4 Å². The van der Waals surface area contributed by atoms with Crippen LogP contribution in [0.15, 0.2) is 15.7 Å². The van der Waals surface area contributed by atoms with Crippen molar-refractivity contribution in [3.8, 4) is 6.07 Å². The van der Waals surface area contributed by atoms with Gasteiger partial charge in [0.1, 0.15) is 12.4 Å². The van der Waals surface area contributed by atoms with E-state index in [9.17, 15) is 9.59 Å². The van der Waals surface area contributed by atoms with Crippen LogP contribution < -0.4 is 17.0 Å². The normalized spacial score (nSPS) is 9.71. The topological polar surface area (TPSA) is 93.8 Å². The summed E-state index contributed by atoms with van der Waals surface area (Å²) in [5.41, 5.74) is 4.38. The zero-order valence-electron chi connectivity index (χ0n) is 7.73. The molecular weight excluding hydrogens is 184 g/mol. The molecular formula is C8H10N4O2. The van der Waals surface area contributed by atoms with E-state index in [1.807, 2.05) is 0 Å². The molecule has 0 amide bonds. The molecule has 1 aromatic heterocycles. The van der Waals surface area contributed by atoms with Gasteiger partial charge in [-0.3, -0.25) is 9.36 Å². The quantitative estimate of drug-likeness (QED) is 0.662. The van der Waals surface area contributed by atoms with Crippen molar-refractivity contribution in [1.82, 2.24) is 9.13 Å². The molecule has 0 saturated carbocycles. The maximum Gasteiger partial charge on any atom is 0.333 e. The third-order valence-corrected chi connectivity index (χ3v) is 1.86. The second kappa shape index (κ2) is 3.79. The summed E-state index contributed by atoms with van der Waals surface area (Å²) in [6.45, 7) is 1.85. The Hall–Kier alpha value is -2.03. The molecule has 1 aromatic rings. The summed E-state index contributed by atoms with van der Waals surface area (Å²) in [7, 11) is 0. The summed E-state index contributed by atoms with van der Waals surface area (Å²) in [6, 6.07) is 2.89. The minimum absolute atomic E-state index is 0.122. The predicted molar refractivity (Wildman–Crippen MR) is 50.7 cm³/mol. The van der Waals surface area contributed by atoms with Gasteiger partial charge in [-0.25, -0.2) is 9.36 Å². The van der Waals surface area contributed by atoms with E-state index in [0.717, 1.165) is 10.6 Å². The minimum Gasteiger partial charge on any atom is -0.385 e. The molecule has 1 rings (SSSR count). The predicted octanol–water partition coefficient (Wildman–Crippen LogP) is -0.864. The lowest BCUT2D eigenvalue weighted by atomic mass is 10.5. The summed E-state index contributed by atoms with van der Waals surface area (Å²) in [5.74, 6) is 0.122. The summed E-state index contributed by atoms with van der Waals surface area (Å²) in [6.07, 6.45) is 0. The summed E-state index contributed by atoms with van der Waals surface area (Å²) >= 11 is 0. The van der Waals surface area contributed by atoms with E-state index in [0.29, 0.717) is 6.54 Å². The Kier molecular flexibility index (Phi) is 2.72. The summed E-state index contributed by atoms with van der Waals surface area (Å²) in [4.78, 5) is 22.8. The Morgan fingerprint density at radius 3 is 2.64 bits per heavy atom. The fraction of sp³-hybridized carbons (Fsp3) is 0.375. The van der Waals surface area contributed by atoms with E-state index in [2.05, 4.69) is 0 Å². The molecule has 0 aromatic carbocycles. The van der Waals surface area contributed by atoms with Crippen LogP contribution in [0.25, 0.3) is 0 Å². The van der Waals surface area contributed by atoms with Crippen LogP contribution in [0.2, 0.25) is 0 Å². The molecule has 2 N–H and O–H groups in total. The zero-order valence-corrected chi connectivity index (χ0v) is 7.73. The van der Waals surface area contributed by atoms with Crippen LogP contribution >= 0.6 is 0 Å². The van der Waals surface area contributed by atoms with Crippen molar-refractivity contribution >= 4 is 5.82 Å². The molecule has 0 fully saturated rings. The molecule has 6 heteroatoms. The highest BCUT2D eigenvalue weighted by Crippen LogP contribution is 1.92. The van der Waals surface area contributed by atoms with Gasteiger partial charge < -0.3 is 5.73 Å². The van der Waals surface area contributed by atoms with Gasteiger partial charge in [-0.1, -0.05) is 0 Å². The Morgan fingerprint density at radius 1 is 1.50 bits per heavy atom. The Bertz CT molecular complexity index is 492. The van der Waals surface area contributed by atoms with Crippen LogP contribution in [0.4, 0.5) is 5.82 Å². The lowest BCUT2D eigenvalue weighted by Crippen LogP contribution is -2.40. The Morgan fingerprint density at radius 2 is 2.14 bits per heavy atom. The molecule has 0 spiro atoms. The van der Waals surface area contributed by atoms with Crippen LogP contribution in [0, 0.1) is 11.3 Å². The molecule has 14 heavy (non-hydrogen) atoms. The highest BCUT2D eigenvalue weighted by molar-refractivity contribution is 5.26. The second-order valence-corrected chi connectivity index (χ2v) is 2.68. The zero-order chi connectivity index (χ0) is 10.7. The van der Waals surface area contributed by atoms with Gasteiger partial charge in [0.15, 0.2) is 0 Å². The van der Waals surface area contributed by atoms with Gasteiger partial charge in [0, 0.05) is 12.6 Å². The molecule has 0 aliphatic heterocycles. The van der Waals surface area contributed by atoms with Gasteiger partial charge >= 0.3 is 5.69 Å². The standard InChI is InChI=1S/C8H10N4O2/c1-2-11-6(10)5-7(13)12(4-3-9)8(11)14/h5H,2,4,10H2,1H3. The molecule has 0 atom stereocenters. The number of hydrogen-bond donors (Lipinski definition) is 1. The Balaban J connectivity index is 3.54. The van der Waals surface area contributed by atoms with Gasteiger partial charge in [-0.2, -0.15) is 5.26 Å². The molecule has 0 radical (unpaired) electrons. The lowest BCUT2D eigenvalue weighted by Gasteiger charge is -2.07. The van der Waals surface area contributed by atoms with Crippen LogP contribution in [0.3, 0.4) is 0 Å². The lowest BCUT2D eigenvalue weighted by molar-refractivity contribution is 0.617. The number of nitrogens with zero attached hydrogens (tertiary/aromatic N) is 3. The number of rotatable bonds is 2. The molecule has 0 bridgehead atoms. The number of anilines is 1. The monoisotopic (exact) mass is 194 g/mol. The smallest absolute Gasteiger partial charge is 0.333 e.